The maximum atomic E-state index is 12.2. The molecule has 1 aliphatic rings. The molecule has 0 N–H and O–H groups in total. The number of furan rings is 1. The van der Waals surface area contributed by atoms with Crippen LogP contribution < -0.4 is 0 Å². The molecule has 11 heteroatoms. The Labute approximate surface area is 127 Å². The number of amides is 1. The average molecular weight is 332 g/mol. The number of carbonyl (C=O) groups excluding carboxylic acids is 1. The minimum atomic E-state index is -3.50. The van der Waals surface area contributed by atoms with Crippen molar-refractivity contribution in [3.8, 4) is 0 Å². The van der Waals surface area contributed by atoms with Gasteiger partial charge in [-0.25, -0.2) is 0 Å². The molecule has 0 aromatic carbocycles. The standard InChI is InChI=1S/C11H16N4O6S/c1-12(2)22(19,20)14-7-5-13(6-8-14)11(16)9-3-4-10(21-9)15(17)18/h3-4H,5-8H2,1-2H3. The van der Waals surface area contributed by atoms with Crippen molar-refractivity contribution in [1.29, 1.82) is 0 Å². The predicted octanol–water partition coefficient (Wildman–Crippen LogP) is -0.248. The third kappa shape index (κ3) is 3.10. The van der Waals surface area contributed by atoms with Crippen LogP contribution in [0.3, 0.4) is 0 Å². The van der Waals surface area contributed by atoms with E-state index < -0.39 is 26.9 Å². The lowest BCUT2D eigenvalue weighted by Gasteiger charge is -2.34. The molecule has 10 nitrogen and oxygen atoms in total. The van der Waals surface area contributed by atoms with Crippen molar-refractivity contribution in [2.75, 3.05) is 40.3 Å². The van der Waals surface area contributed by atoms with E-state index in [-0.39, 0.29) is 31.9 Å². The van der Waals surface area contributed by atoms with Crippen molar-refractivity contribution in [3.05, 3.63) is 28.0 Å². The van der Waals surface area contributed by atoms with Gasteiger partial charge in [-0.05, 0) is 6.07 Å². The van der Waals surface area contributed by atoms with E-state index in [4.69, 9.17) is 4.42 Å². The summed E-state index contributed by atoms with van der Waals surface area (Å²) in [5, 5.41) is 10.5. The van der Waals surface area contributed by atoms with Crippen LogP contribution >= 0.6 is 0 Å². The highest BCUT2D eigenvalue weighted by atomic mass is 32.2. The highest BCUT2D eigenvalue weighted by Crippen LogP contribution is 2.18. The second-order valence-corrected chi connectivity index (χ2v) is 7.02. The van der Waals surface area contributed by atoms with Crippen molar-refractivity contribution in [1.82, 2.24) is 13.5 Å². The predicted molar refractivity (Wildman–Crippen MR) is 75.4 cm³/mol. The molecule has 1 aliphatic heterocycles. The van der Waals surface area contributed by atoms with Gasteiger partial charge in [0, 0.05) is 40.3 Å². The molecule has 0 unspecified atom stereocenters. The van der Waals surface area contributed by atoms with Crippen LogP contribution in [-0.2, 0) is 10.2 Å². The first-order valence-corrected chi connectivity index (χ1v) is 7.84. The van der Waals surface area contributed by atoms with Gasteiger partial charge in [-0.2, -0.15) is 17.0 Å². The Morgan fingerprint density at radius 1 is 1.27 bits per heavy atom. The van der Waals surface area contributed by atoms with Crippen LogP contribution in [-0.4, -0.2) is 73.0 Å². The van der Waals surface area contributed by atoms with Crippen LogP contribution in [0, 0.1) is 10.1 Å². The molecule has 22 heavy (non-hydrogen) atoms. The van der Waals surface area contributed by atoms with Crippen molar-refractivity contribution in [2.24, 2.45) is 0 Å². The summed E-state index contributed by atoms with van der Waals surface area (Å²) >= 11 is 0. The highest BCUT2D eigenvalue weighted by molar-refractivity contribution is 7.86. The lowest BCUT2D eigenvalue weighted by Crippen LogP contribution is -2.53. The van der Waals surface area contributed by atoms with Crippen LogP contribution in [0.5, 0.6) is 0 Å². The molecule has 1 aromatic heterocycles. The van der Waals surface area contributed by atoms with Crippen LogP contribution in [0.15, 0.2) is 16.5 Å². The molecule has 0 spiro atoms. The molecule has 122 valence electrons. The first kappa shape index (κ1) is 16.4. The summed E-state index contributed by atoms with van der Waals surface area (Å²) in [4.78, 5) is 23.4. The van der Waals surface area contributed by atoms with Gasteiger partial charge in [0.1, 0.15) is 4.92 Å². The van der Waals surface area contributed by atoms with E-state index in [0.29, 0.717) is 0 Å². The Bertz CT molecular complexity index is 675. The molecule has 2 rings (SSSR count). The van der Waals surface area contributed by atoms with Crippen LogP contribution in [0.1, 0.15) is 10.6 Å². The van der Waals surface area contributed by atoms with Gasteiger partial charge >= 0.3 is 5.88 Å². The Morgan fingerprint density at radius 3 is 2.32 bits per heavy atom. The minimum absolute atomic E-state index is 0.129. The summed E-state index contributed by atoms with van der Waals surface area (Å²) in [6, 6.07) is 2.35. The summed E-state index contributed by atoms with van der Waals surface area (Å²) in [7, 11) is -0.626. The van der Waals surface area contributed by atoms with Gasteiger partial charge in [0.25, 0.3) is 16.1 Å². The molecular weight excluding hydrogens is 316 g/mol. The molecule has 0 bridgehead atoms. The van der Waals surface area contributed by atoms with Gasteiger partial charge in [0.15, 0.2) is 5.76 Å². The molecule has 0 atom stereocenters. The molecular formula is C11H16N4O6S. The van der Waals surface area contributed by atoms with E-state index in [9.17, 15) is 23.3 Å². The van der Waals surface area contributed by atoms with Crippen molar-refractivity contribution in [2.45, 2.75) is 0 Å². The number of nitro groups is 1. The van der Waals surface area contributed by atoms with E-state index in [2.05, 4.69) is 0 Å². The quantitative estimate of drug-likeness (QED) is 0.554. The summed E-state index contributed by atoms with van der Waals surface area (Å²) in [5.74, 6) is -1.12. The van der Waals surface area contributed by atoms with Crippen LogP contribution in [0.2, 0.25) is 0 Å². The Morgan fingerprint density at radius 2 is 1.86 bits per heavy atom. The lowest BCUT2D eigenvalue weighted by atomic mass is 10.3. The van der Waals surface area contributed by atoms with Crippen molar-refractivity contribution in [3.63, 3.8) is 0 Å². The first-order chi connectivity index (χ1) is 10.2. The third-order valence-corrected chi connectivity index (χ3v) is 5.24. The maximum absolute atomic E-state index is 12.2. The number of hydrogen-bond acceptors (Lipinski definition) is 6. The van der Waals surface area contributed by atoms with Crippen molar-refractivity contribution >= 4 is 22.0 Å². The zero-order valence-electron chi connectivity index (χ0n) is 12.1. The fraction of sp³-hybridized carbons (Fsp3) is 0.545. The van der Waals surface area contributed by atoms with Gasteiger partial charge < -0.3 is 9.32 Å². The normalized spacial score (nSPS) is 17.0. The topological polar surface area (TPSA) is 117 Å². The monoisotopic (exact) mass is 332 g/mol. The van der Waals surface area contributed by atoms with Gasteiger partial charge in [0.05, 0.1) is 6.07 Å². The zero-order chi connectivity index (χ0) is 16.5. The summed E-state index contributed by atoms with van der Waals surface area (Å²) in [6.45, 7) is 0.713. The Hall–Kier alpha value is -1.98. The highest BCUT2D eigenvalue weighted by Gasteiger charge is 2.31. The molecule has 2 heterocycles. The number of hydrogen-bond donors (Lipinski definition) is 0. The number of carbonyl (C=O) groups is 1. The Kier molecular flexibility index (Phi) is 4.49. The SMILES string of the molecule is CN(C)S(=O)(=O)N1CCN(C(=O)c2ccc([N+](=O)[O-])o2)CC1. The van der Waals surface area contributed by atoms with Gasteiger partial charge in [-0.3, -0.25) is 14.9 Å². The molecule has 1 aromatic rings. The summed E-state index contributed by atoms with van der Waals surface area (Å²) in [5.41, 5.74) is 0. The Balaban J connectivity index is 2.02. The second kappa shape index (κ2) is 6.02. The van der Waals surface area contributed by atoms with Crippen LogP contribution in [0.4, 0.5) is 5.88 Å². The molecule has 0 aliphatic carbocycles. The molecule has 0 saturated carbocycles. The molecule has 1 fully saturated rings. The number of piperazine rings is 1. The molecule has 1 saturated heterocycles. The number of nitrogens with zero attached hydrogens (tertiary/aromatic N) is 4. The van der Waals surface area contributed by atoms with E-state index in [1.54, 1.807) is 0 Å². The maximum Gasteiger partial charge on any atom is 0.433 e. The van der Waals surface area contributed by atoms with Crippen molar-refractivity contribution < 1.29 is 22.6 Å². The summed E-state index contributed by atoms with van der Waals surface area (Å²) in [6.07, 6.45) is 0. The smallest absolute Gasteiger partial charge is 0.395 e. The van der Waals surface area contributed by atoms with E-state index in [1.165, 1.54) is 29.4 Å². The number of rotatable bonds is 4. The molecule has 1 amide bonds. The fourth-order valence-corrected chi connectivity index (χ4v) is 3.14. The van der Waals surface area contributed by atoms with Gasteiger partial charge in [-0.15, -0.1) is 0 Å². The van der Waals surface area contributed by atoms with Gasteiger partial charge in [-0.1, -0.05) is 0 Å². The minimum Gasteiger partial charge on any atom is -0.395 e. The second-order valence-electron chi connectivity index (χ2n) is 4.88. The lowest BCUT2D eigenvalue weighted by molar-refractivity contribution is -0.402. The average Bonchev–Trinajstić information content (AvgIpc) is 2.96. The summed E-state index contributed by atoms with van der Waals surface area (Å²) < 4.78 is 31.2. The van der Waals surface area contributed by atoms with E-state index in [0.717, 1.165) is 10.4 Å². The molecule has 0 radical (unpaired) electrons. The van der Waals surface area contributed by atoms with E-state index in [1.807, 2.05) is 0 Å². The largest absolute Gasteiger partial charge is 0.433 e. The van der Waals surface area contributed by atoms with E-state index >= 15 is 0 Å². The third-order valence-electron chi connectivity index (χ3n) is 3.30. The fourth-order valence-electron chi connectivity index (χ4n) is 2.05. The van der Waals surface area contributed by atoms with Crippen LogP contribution in [0.25, 0.3) is 0 Å². The first-order valence-electron chi connectivity index (χ1n) is 6.44. The van der Waals surface area contributed by atoms with Gasteiger partial charge in [0.2, 0.25) is 0 Å². The zero-order valence-corrected chi connectivity index (χ0v) is 12.9.